The standard InChI is InChI=1S/C17H16N2O/c1-17(2)16(20)18-19(17)15(13-9-5-3-6-10-13)14-11-7-4-8-12-14/h3-12H,1-2H3/p+1. The largest absolute Gasteiger partial charge is 0.347 e. The molecule has 0 aromatic heterocycles. The van der Waals surface area contributed by atoms with Crippen molar-refractivity contribution in [2.24, 2.45) is 0 Å². The Morgan fingerprint density at radius 3 is 1.70 bits per heavy atom. The summed E-state index contributed by atoms with van der Waals surface area (Å²) in [6, 6.07) is 20.2. The fourth-order valence-electron chi connectivity index (χ4n) is 2.38. The highest BCUT2D eigenvalue weighted by Gasteiger charge is 2.54. The Morgan fingerprint density at radius 1 is 0.900 bits per heavy atom. The van der Waals surface area contributed by atoms with E-state index in [0.717, 1.165) is 16.8 Å². The van der Waals surface area contributed by atoms with Gasteiger partial charge >= 0.3 is 5.91 Å². The maximum Gasteiger partial charge on any atom is 0.347 e. The summed E-state index contributed by atoms with van der Waals surface area (Å²) in [5, 5.41) is 0. The second kappa shape index (κ2) is 4.60. The van der Waals surface area contributed by atoms with Gasteiger partial charge in [-0.1, -0.05) is 41.1 Å². The minimum atomic E-state index is -0.527. The Kier molecular flexibility index (Phi) is 2.90. The third-order valence-corrected chi connectivity index (χ3v) is 3.65. The summed E-state index contributed by atoms with van der Waals surface area (Å²) in [5.74, 6) is 0.0434. The van der Waals surface area contributed by atoms with E-state index in [9.17, 15) is 4.79 Å². The van der Waals surface area contributed by atoms with Gasteiger partial charge in [0.1, 0.15) is 0 Å². The molecule has 1 N–H and O–H groups in total. The Hall–Kier alpha value is -2.42. The van der Waals surface area contributed by atoms with Crippen LogP contribution < -0.4 is 5.43 Å². The Bertz CT molecular complexity index is 631. The summed E-state index contributed by atoms with van der Waals surface area (Å²) in [6.07, 6.45) is 0. The predicted molar refractivity (Wildman–Crippen MR) is 78.6 cm³/mol. The SMILES string of the molecule is CC1(C)C(=O)N[N+]1=C(c1ccccc1)c1ccccc1. The predicted octanol–water partition coefficient (Wildman–Crippen LogP) is 2.36. The maximum atomic E-state index is 11.8. The van der Waals surface area contributed by atoms with Crippen LogP contribution in [0.2, 0.25) is 0 Å². The lowest BCUT2D eigenvalue weighted by Gasteiger charge is -2.30. The molecule has 20 heavy (non-hydrogen) atoms. The minimum Gasteiger partial charge on any atom is -0.261 e. The second-order valence-corrected chi connectivity index (χ2v) is 5.42. The van der Waals surface area contributed by atoms with Crippen LogP contribution in [0.15, 0.2) is 60.7 Å². The van der Waals surface area contributed by atoms with E-state index in [1.807, 2.05) is 54.9 Å². The van der Waals surface area contributed by atoms with Crippen LogP contribution in [0.25, 0.3) is 0 Å². The van der Waals surface area contributed by atoms with Gasteiger partial charge in [-0.2, -0.15) is 0 Å². The zero-order chi connectivity index (χ0) is 14.2. The number of hydrogen-bond donors (Lipinski definition) is 1. The zero-order valence-electron chi connectivity index (χ0n) is 11.6. The van der Waals surface area contributed by atoms with Gasteiger partial charge in [0.05, 0.1) is 0 Å². The molecule has 2 aromatic rings. The van der Waals surface area contributed by atoms with Gasteiger partial charge in [-0.25, -0.2) is 0 Å². The van der Waals surface area contributed by atoms with Gasteiger partial charge in [0.15, 0.2) is 0 Å². The van der Waals surface area contributed by atoms with Crippen molar-refractivity contribution < 1.29 is 9.48 Å². The molecule has 0 unspecified atom stereocenters. The van der Waals surface area contributed by atoms with Gasteiger partial charge in [0.2, 0.25) is 5.71 Å². The molecule has 0 bridgehead atoms. The van der Waals surface area contributed by atoms with Crippen LogP contribution in [0.4, 0.5) is 0 Å². The van der Waals surface area contributed by atoms with Crippen molar-refractivity contribution in [2.45, 2.75) is 19.4 Å². The summed E-state index contributed by atoms with van der Waals surface area (Å²) in [4.78, 5) is 11.8. The number of rotatable bonds is 2. The van der Waals surface area contributed by atoms with E-state index in [0.29, 0.717) is 0 Å². The number of nitrogens with one attached hydrogen (secondary N) is 1. The molecule has 1 heterocycles. The van der Waals surface area contributed by atoms with Gasteiger partial charge in [0, 0.05) is 25.0 Å². The Morgan fingerprint density at radius 2 is 1.35 bits per heavy atom. The molecule has 1 amide bonds. The Balaban J connectivity index is 2.21. The van der Waals surface area contributed by atoms with Crippen molar-refractivity contribution in [2.75, 3.05) is 0 Å². The molecule has 2 aromatic carbocycles. The molecule has 3 rings (SSSR count). The normalized spacial score (nSPS) is 16.3. The monoisotopic (exact) mass is 265 g/mol. The molecular weight excluding hydrogens is 248 g/mol. The third kappa shape index (κ3) is 1.92. The lowest BCUT2D eigenvalue weighted by molar-refractivity contribution is -0.669. The lowest BCUT2D eigenvalue weighted by Crippen LogP contribution is -2.70. The molecule has 3 heteroatoms. The second-order valence-electron chi connectivity index (χ2n) is 5.42. The highest BCUT2D eigenvalue weighted by atomic mass is 16.2. The summed E-state index contributed by atoms with van der Waals surface area (Å²) >= 11 is 0. The minimum absolute atomic E-state index is 0.0434. The average Bonchev–Trinajstić information content (AvgIpc) is 2.49. The summed E-state index contributed by atoms with van der Waals surface area (Å²) in [6.45, 7) is 3.86. The summed E-state index contributed by atoms with van der Waals surface area (Å²) in [7, 11) is 0. The molecule has 0 spiro atoms. The van der Waals surface area contributed by atoms with Crippen molar-refractivity contribution in [1.29, 1.82) is 0 Å². The van der Waals surface area contributed by atoms with Crippen LogP contribution in [0.3, 0.4) is 0 Å². The van der Waals surface area contributed by atoms with Crippen LogP contribution in [0.1, 0.15) is 25.0 Å². The van der Waals surface area contributed by atoms with Crippen molar-refractivity contribution in [3.05, 3.63) is 71.8 Å². The fourth-order valence-corrected chi connectivity index (χ4v) is 2.38. The van der Waals surface area contributed by atoms with Crippen LogP contribution in [-0.2, 0) is 4.79 Å². The van der Waals surface area contributed by atoms with Gasteiger partial charge < -0.3 is 0 Å². The third-order valence-electron chi connectivity index (χ3n) is 3.65. The average molecular weight is 265 g/mol. The molecular formula is C17H17N2O+. The van der Waals surface area contributed by atoms with E-state index in [2.05, 4.69) is 29.7 Å². The topological polar surface area (TPSA) is 32.1 Å². The first-order valence-corrected chi connectivity index (χ1v) is 6.70. The van der Waals surface area contributed by atoms with Gasteiger partial charge in [0.25, 0.3) is 5.54 Å². The van der Waals surface area contributed by atoms with E-state index in [4.69, 9.17) is 0 Å². The fraction of sp³-hybridized carbons (Fsp3) is 0.176. The van der Waals surface area contributed by atoms with Crippen molar-refractivity contribution >= 4 is 11.6 Å². The summed E-state index contributed by atoms with van der Waals surface area (Å²) in [5.41, 5.74) is 5.56. The Labute approximate surface area is 118 Å². The lowest BCUT2D eigenvalue weighted by atomic mass is 9.95. The number of hydrazone groups is 1. The molecule has 1 aliphatic heterocycles. The van der Waals surface area contributed by atoms with Crippen LogP contribution in [-0.4, -0.2) is 21.8 Å². The van der Waals surface area contributed by atoms with Crippen molar-refractivity contribution in [3.8, 4) is 0 Å². The van der Waals surface area contributed by atoms with E-state index < -0.39 is 5.54 Å². The molecule has 0 aliphatic carbocycles. The summed E-state index contributed by atoms with van der Waals surface area (Å²) < 4.78 is 1.94. The molecule has 1 aliphatic rings. The molecule has 3 nitrogen and oxygen atoms in total. The number of benzene rings is 2. The molecule has 0 radical (unpaired) electrons. The molecule has 0 atom stereocenters. The highest BCUT2D eigenvalue weighted by Crippen LogP contribution is 2.21. The molecule has 1 fully saturated rings. The number of carbonyl (C=O) groups is 1. The van der Waals surface area contributed by atoms with Gasteiger partial charge in [-0.05, 0) is 24.3 Å². The smallest absolute Gasteiger partial charge is 0.261 e. The van der Waals surface area contributed by atoms with E-state index >= 15 is 0 Å². The number of carbonyl (C=O) groups excluding carboxylic acids is 1. The maximum absolute atomic E-state index is 11.8. The molecule has 1 saturated heterocycles. The van der Waals surface area contributed by atoms with Crippen molar-refractivity contribution in [3.63, 3.8) is 0 Å². The number of amides is 1. The van der Waals surface area contributed by atoms with Crippen LogP contribution in [0.5, 0.6) is 0 Å². The van der Waals surface area contributed by atoms with Gasteiger partial charge in [-0.15, -0.1) is 5.43 Å². The zero-order valence-corrected chi connectivity index (χ0v) is 11.6. The first kappa shape index (κ1) is 12.6. The van der Waals surface area contributed by atoms with Crippen LogP contribution in [0, 0.1) is 0 Å². The first-order chi connectivity index (χ1) is 9.60. The quantitative estimate of drug-likeness (QED) is 0.831. The number of nitrogens with zero attached hydrogens (tertiary/aromatic N) is 1. The van der Waals surface area contributed by atoms with Crippen molar-refractivity contribution in [1.82, 2.24) is 5.43 Å². The molecule has 0 saturated carbocycles. The first-order valence-electron chi connectivity index (χ1n) is 6.70. The molecule has 100 valence electrons. The number of hydrazine groups is 1. The van der Waals surface area contributed by atoms with Gasteiger partial charge in [-0.3, -0.25) is 4.79 Å². The van der Waals surface area contributed by atoms with Crippen LogP contribution >= 0.6 is 0 Å². The number of hydrogen-bond acceptors (Lipinski definition) is 1. The van der Waals surface area contributed by atoms with E-state index in [1.54, 1.807) is 0 Å². The van der Waals surface area contributed by atoms with E-state index in [-0.39, 0.29) is 5.91 Å². The van der Waals surface area contributed by atoms with E-state index in [1.165, 1.54) is 0 Å². The highest BCUT2D eigenvalue weighted by molar-refractivity contribution is 6.11.